The van der Waals surface area contributed by atoms with Gasteiger partial charge in [0.25, 0.3) is 0 Å². The number of ether oxygens (including phenoxy) is 2. The van der Waals surface area contributed by atoms with E-state index in [1.54, 1.807) is 7.11 Å². The van der Waals surface area contributed by atoms with Gasteiger partial charge in [0.1, 0.15) is 0 Å². The van der Waals surface area contributed by atoms with Gasteiger partial charge < -0.3 is 14.8 Å². The maximum absolute atomic E-state index is 5.67. The number of aromatic nitrogens is 1. The molecule has 25 heavy (non-hydrogen) atoms. The Hall–Kier alpha value is -2.11. The number of nitrogens with one attached hydrogen (secondary N) is 1. The molecule has 0 aliphatic carbocycles. The van der Waals surface area contributed by atoms with Gasteiger partial charge in [0.05, 0.1) is 13.7 Å². The van der Waals surface area contributed by atoms with Crippen LogP contribution in [0.3, 0.4) is 0 Å². The third-order valence-electron chi connectivity index (χ3n) is 4.59. The fourth-order valence-corrected chi connectivity index (χ4v) is 3.33. The lowest BCUT2D eigenvalue weighted by Gasteiger charge is -2.35. The highest BCUT2D eigenvalue weighted by Crippen LogP contribution is 2.33. The summed E-state index contributed by atoms with van der Waals surface area (Å²) in [5.41, 5.74) is 2.35. The van der Waals surface area contributed by atoms with Gasteiger partial charge in [-0.1, -0.05) is 12.1 Å². The van der Waals surface area contributed by atoms with Gasteiger partial charge in [0.2, 0.25) is 0 Å². The molecule has 0 amide bonds. The van der Waals surface area contributed by atoms with Crippen molar-refractivity contribution in [1.82, 2.24) is 15.2 Å². The smallest absolute Gasteiger partial charge is 0.161 e. The number of hydrogen-bond acceptors (Lipinski definition) is 5. The highest BCUT2D eigenvalue weighted by Gasteiger charge is 2.24. The average molecular weight is 341 g/mol. The van der Waals surface area contributed by atoms with E-state index in [-0.39, 0.29) is 6.04 Å². The molecule has 1 aliphatic heterocycles. The van der Waals surface area contributed by atoms with Gasteiger partial charge in [-0.3, -0.25) is 9.88 Å². The van der Waals surface area contributed by atoms with E-state index in [4.69, 9.17) is 9.47 Å². The molecule has 1 saturated heterocycles. The molecule has 2 heterocycles. The zero-order valence-corrected chi connectivity index (χ0v) is 15.1. The number of piperazine rings is 1. The first-order valence-corrected chi connectivity index (χ1v) is 8.97. The molecule has 5 nitrogen and oxygen atoms in total. The van der Waals surface area contributed by atoms with Crippen LogP contribution >= 0.6 is 0 Å². The number of rotatable bonds is 7. The van der Waals surface area contributed by atoms with E-state index in [0.717, 1.165) is 49.8 Å². The molecule has 0 bridgehead atoms. The molecule has 1 fully saturated rings. The van der Waals surface area contributed by atoms with Crippen LogP contribution in [0.25, 0.3) is 0 Å². The molecule has 5 heteroatoms. The number of methoxy groups -OCH3 is 1. The Morgan fingerprint density at radius 3 is 2.68 bits per heavy atom. The van der Waals surface area contributed by atoms with E-state index in [0.29, 0.717) is 6.61 Å². The molecule has 1 aliphatic rings. The Labute approximate surface area is 150 Å². The van der Waals surface area contributed by atoms with E-state index < -0.39 is 0 Å². The summed E-state index contributed by atoms with van der Waals surface area (Å²) in [5.74, 6) is 1.59. The molecule has 1 unspecified atom stereocenters. The maximum Gasteiger partial charge on any atom is 0.161 e. The van der Waals surface area contributed by atoms with E-state index in [1.165, 1.54) is 5.56 Å². The zero-order chi connectivity index (χ0) is 17.5. The summed E-state index contributed by atoms with van der Waals surface area (Å²) in [6, 6.07) is 12.7. The van der Waals surface area contributed by atoms with Gasteiger partial charge in [0.15, 0.2) is 11.5 Å². The van der Waals surface area contributed by atoms with Crippen LogP contribution < -0.4 is 14.8 Å². The standard InChI is InChI=1S/C20H27N3O2/c1-3-25-19-8-7-16(14-20(19)24-2)18(23-12-10-21-11-13-23)15-17-6-4-5-9-22-17/h4-9,14,18,21H,3,10-13,15H2,1-2H3. The van der Waals surface area contributed by atoms with Gasteiger partial charge in [-0.05, 0) is 36.8 Å². The molecule has 134 valence electrons. The summed E-state index contributed by atoms with van der Waals surface area (Å²) in [7, 11) is 1.69. The normalized spacial score (nSPS) is 16.4. The predicted octanol–water partition coefficient (Wildman–Crippen LogP) is 2.68. The lowest BCUT2D eigenvalue weighted by atomic mass is 9.98. The monoisotopic (exact) mass is 341 g/mol. The van der Waals surface area contributed by atoms with Crippen LogP contribution in [0, 0.1) is 0 Å². The molecule has 1 N–H and O–H groups in total. The summed E-state index contributed by atoms with van der Waals surface area (Å²) in [5, 5.41) is 3.43. The Morgan fingerprint density at radius 2 is 2.00 bits per heavy atom. The van der Waals surface area contributed by atoms with Gasteiger partial charge in [-0.15, -0.1) is 0 Å². The Bertz CT molecular complexity index is 657. The molecule has 0 spiro atoms. The van der Waals surface area contributed by atoms with Gasteiger partial charge in [-0.25, -0.2) is 0 Å². The van der Waals surface area contributed by atoms with Crippen molar-refractivity contribution in [2.75, 3.05) is 39.9 Å². The van der Waals surface area contributed by atoms with Crippen LogP contribution in [0.1, 0.15) is 24.2 Å². The van der Waals surface area contributed by atoms with Crippen molar-refractivity contribution in [2.45, 2.75) is 19.4 Å². The van der Waals surface area contributed by atoms with Crippen molar-refractivity contribution >= 4 is 0 Å². The Kier molecular flexibility index (Phi) is 6.25. The van der Waals surface area contributed by atoms with E-state index >= 15 is 0 Å². The molecular weight excluding hydrogens is 314 g/mol. The van der Waals surface area contributed by atoms with Crippen LogP contribution in [0.5, 0.6) is 11.5 Å². The number of nitrogens with zero attached hydrogens (tertiary/aromatic N) is 2. The maximum atomic E-state index is 5.67. The summed E-state index contributed by atoms with van der Waals surface area (Å²) < 4.78 is 11.2. The van der Waals surface area contributed by atoms with Gasteiger partial charge in [0, 0.05) is 50.5 Å². The molecule has 0 radical (unpaired) electrons. The molecule has 2 aromatic rings. The van der Waals surface area contributed by atoms with Gasteiger partial charge >= 0.3 is 0 Å². The van der Waals surface area contributed by atoms with Crippen molar-refractivity contribution in [3.63, 3.8) is 0 Å². The Balaban J connectivity index is 1.90. The van der Waals surface area contributed by atoms with Crippen molar-refractivity contribution < 1.29 is 9.47 Å². The highest BCUT2D eigenvalue weighted by atomic mass is 16.5. The van der Waals surface area contributed by atoms with E-state index in [1.807, 2.05) is 25.3 Å². The molecular formula is C20H27N3O2. The summed E-state index contributed by atoms with van der Waals surface area (Å²) >= 11 is 0. The van der Waals surface area contributed by atoms with E-state index in [2.05, 4.69) is 39.5 Å². The minimum Gasteiger partial charge on any atom is -0.493 e. The van der Waals surface area contributed by atoms with Crippen molar-refractivity contribution in [1.29, 1.82) is 0 Å². The summed E-state index contributed by atoms with van der Waals surface area (Å²) in [6.07, 6.45) is 2.75. The topological polar surface area (TPSA) is 46.6 Å². The molecule has 1 aromatic heterocycles. The molecule has 1 atom stereocenters. The van der Waals surface area contributed by atoms with Crippen molar-refractivity contribution in [3.8, 4) is 11.5 Å². The highest BCUT2D eigenvalue weighted by molar-refractivity contribution is 5.44. The average Bonchev–Trinajstić information content (AvgIpc) is 2.68. The number of hydrogen-bond donors (Lipinski definition) is 1. The van der Waals surface area contributed by atoms with Crippen LogP contribution in [-0.4, -0.2) is 49.8 Å². The van der Waals surface area contributed by atoms with Gasteiger partial charge in [-0.2, -0.15) is 0 Å². The minimum absolute atomic E-state index is 0.279. The second kappa shape index (κ2) is 8.83. The second-order valence-electron chi connectivity index (χ2n) is 6.17. The fraction of sp³-hybridized carbons (Fsp3) is 0.450. The van der Waals surface area contributed by atoms with Crippen molar-refractivity contribution in [3.05, 3.63) is 53.9 Å². The first-order valence-electron chi connectivity index (χ1n) is 8.97. The molecule has 0 saturated carbocycles. The van der Waals surface area contributed by atoms with Crippen LogP contribution in [0.4, 0.5) is 0 Å². The quantitative estimate of drug-likeness (QED) is 0.839. The third kappa shape index (κ3) is 4.50. The Morgan fingerprint density at radius 1 is 1.16 bits per heavy atom. The summed E-state index contributed by atoms with van der Waals surface area (Å²) in [6.45, 7) is 6.72. The zero-order valence-electron chi connectivity index (χ0n) is 15.1. The minimum atomic E-state index is 0.279. The lowest BCUT2D eigenvalue weighted by Crippen LogP contribution is -2.45. The number of benzene rings is 1. The van der Waals surface area contributed by atoms with Crippen LogP contribution in [-0.2, 0) is 6.42 Å². The lowest BCUT2D eigenvalue weighted by molar-refractivity contribution is 0.171. The van der Waals surface area contributed by atoms with E-state index in [9.17, 15) is 0 Å². The predicted molar refractivity (Wildman–Crippen MR) is 99.3 cm³/mol. The second-order valence-corrected chi connectivity index (χ2v) is 6.17. The first-order chi connectivity index (χ1) is 12.3. The third-order valence-corrected chi connectivity index (χ3v) is 4.59. The first kappa shape index (κ1) is 17.7. The number of pyridine rings is 1. The molecule has 1 aromatic carbocycles. The van der Waals surface area contributed by atoms with Crippen LogP contribution in [0.15, 0.2) is 42.6 Å². The summed E-state index contributed by atoms with van der Waals surface area (Å²) in [4.78, 5) is 7.06. The van der Waals surface area contributed by atoms with Crippen molar-refractivity contribution in [2.24, 2.45) is 0 Å². The fourth-order valence-electron chi connectivity index (χ4n) is 3.33. The molecule has 3 rings (SSSR count). The SMILES string of the molecule is CCOc1ccc(C(Cc2ccccn2)N2CCNCC2)cc1OC. The largest absolute Gasteiger partial charge is 0.493 e. The van der Waals surface area contributed by atoms with Crippen LogP contribution in [0.2, 0.25) is 0 Å².